The van der Waals surface area contributed by atoms with Gasteiger partial charge in [-0.25, -0.2) is 5.43 Å². The average molecular weight is 322 g/mol. The van der Waals surface area contributed by atoms with Crippen molar-refractivity contribution in [2.75, 3.05) is 6.54 Å². The van der Waals surface area contributed by atoms with Crippen molar-refractivity contribution in [2.24, 2.45) is 5.10 Å². The van der Waals surface area contributed by atoms with Gasteiger partial charge in [0.05, 0.1) is 17.6 Å². The van der Waals surface area contributed by atoms with E-state index in [1.165, 1.54) is 17.6 Å². The van der Waals surface area contributed by atoms with Gasteiger partial charge in [0.25, 0.3) is 11.8 Å². The Morgan fingerprint density at radius 3 is 2.76 bits per heavy atom. The normalized spacial score (nSPS) is 10.5. The van der Waals surface area contributed by atoms with Crippen LogP contribution in [-0.2, 0) is 4.79 Å². The van der Waals surface area contributed by atoms with Crippen LogP contribution < -0.4 is 10.7 Å². The molecule has 1 aromatic heterocycles. The molecular formula is C14H12ClN3O2S. The van der Waals surface area contributed by atoms with E-state index in [0.29, 0.717) is 15.5 Å². The highest BCUT2D eigenvalue weighted by Crippen LogP contribution is 2.12. The molecule has 108 valence electrons. The number of halogens is 1. The minimum atomic E-state index is -0.414. The largest absolute Gasteiger partial charge is 0.342 e. The fourth-order valence-corrected chi connectivity index (χ4v) is 2.27. The Labute approximate surface area is 130 Å². The quantitative estimate of drug-likeness (QED) is 0.655. The molecule has 2 amide bonds. The lowest BCUT2D eigenvalue weighted by Gasteiger charge is -2.02. The van der Waals surface area contributed by atoms with E-state index in [-0.39, 0.29) is 12.5 Å². The summed E-state index contributed by atoms with van der Waals surface area (Å²) in [6.45, 7) is -0.142. The number of thiophene rings is 1. The number of hydrogen-bond acceptors (Lipinski definition) is 4. The number of hydrogen-bond donors (Lipinski definition) is 2. The van der Waals surface area contributed by atoms with Gasteiger partial charge in [0.15, 0.2) is 0 Å². The maximum Gasteiger partial charge on any atom is 0.261 e. The maximum atomic E-state index is 11.6. The lowest BCUT2D eigenvalue weighted by atomic mass is 10.2. The van der Waals surface area contributed by atoms with Crippen LogP contribution in [0, 0.1) is 0 Å². The fraction of sp³-hybridized carbons (Fsp3) is 0.0714. The second kappa shape index (κ2) is 7.56. The molecule has 0 atom stereocenters. The first kappa shape index (κ1) is 15.2. The first-order valence-corrected chi connectivity index (χ1v) is 7.30. The molecule has 0 fully saturated rings. The standard InChI is InChI=1S/C14H12ClN3O2S/c15-11-5-2-1-4-10(11)8-17-18-13(19)9-16-14(20)12-6-3-7-21-12/h1-8H,9H2,(H,16,20)(H,18,19)/b17-8-. The third-order valence-electron chi connectivity index (χ3n) is 2.45. The molecule has 2 rings (SSSR count). The third-order valence-corrected chi connectivity index (χ3v) is 3.67. The van der Waals surface area contributed by atoms with E-state index in [1.54, 1.807) is 35.7 Å². The summed E-state index contributed by atoms with van der Waals surface area (Å²) in [5, 5.41) is 8.63. The van der Waals surface area contributed by atoms with Crippen molar-refractivity contribution >= 4 is 41.0 Å². The van der Waals surface area contributed by atoms with Crippen molar-refractivity contribution in [3.63, 3.8) is 0 Å². The number of carbonyl (C=O) groups is 2. The number of rotatable bonds is 5. The van der Waals surface area contributed by atoms with Crippen molar-refractivity contribution in [1.82, 2.24) is 10.7 Å². The molecule has 2 aromatic rings. The Morgan fingerprint density at radius 2 is 2.05 bits per heavy atom. The first-order valence-electron chi connectivity index (χ1n) is 6.05. The molecule has 2 N–H and O–H groups in total. The van der Waals surface area contributed by atoms with Crippen LogP contribution in [0.3, 0.4) is 0 Å². The van der Waals surface area contributed by atoms with Crippen molar-refractivity contribution in [2.45, 2.75) is 0 Å². The lowest BCUT2D eigenvalue weighted by molar-refractivity contribution is -0.120. The molecule has 21 heavy (non-hydrogen) atoms. The minimum absolute atomic E-state index is 0.142. The van der Waals surface area contributed by atoms with E-state index in [1.807, 2.05) is 6.07 Å². The summed E-state index contributed by atoms with van der Waals surface area (Å²) < 4.78 is 0. The Balaban J connectivity index is 1.78. The van der Waals surface area contributed by atoms with Gasteiger partial charge in [-0.05, 0) is 17.5 Å². The van der Waals surface area contributed by atoms with Gasteiger partial charge in [0, 0.05) is 10.6 Å². The molecule has 0 aliphatic carbocycles. The third kappa shape index (κ3) is 4.70. The summed E-state index contributed by atoms with van der Waals surface area (Å²) in [4.78, 5) is 23.7. The van der Waals surface area contributed by atoms with Crippen molar-refractivity contribution in [3.05, 3.63) is 57.2 Å². The van der Waals surface area contributed by atoms with Crippen LogP contribution in [-0.4, -0.2) is 24.6 Å². The molecule has 0 bridgehead atoms. The monoisotopic (exact) mass is 321 g/mol. The Kier molecular flexibility index (Phi) is 5.48. The van der Waals surface area contributed by atoms with Crippen LogP contribution >= 0.6 is 22.9 Å². The Hall–Kier alpha value is -2.18. The molecular weight excluding hydrogens is 310 g/mol. The highest BCUT2D eigenvalue weighted by molar-refractivity contribution is 7.12. The van der Waals surface area contributed by atoms with Crippen molar-refractivity contribution < 1.29 is 9.59 Å². The van der Waals surface area contributed by atoms with Gasteiger partial charge in [0.2, 0.25) is 0 Å². The summed E-state index contributed by atoms with van der Waals surface area (Å²) in [7, 11) is 0. The summed E-state index contributed by atoms with van der Waals surface area (Å²) in [6.07, 6.45) is 1.45. The number of amides is 2. The van der Waals surface area contributed by atoms with Gasteiger partial charge < -0.3 is 5.32 Å². The van der Waals surface area contributed by atoms with Gasteiger partial charge in [-0.1, -0.05) is 35.9 Å². The zero-order valence-electron chi connectivity index (χ0n) is 10.9. The Bertz CT molecular complexity index is 656. The van der Waals surface area contributed by atoms with E-state index in [4.69, 9.17) is 11.6 Å². The smallest absolute Gasteiger partial charge is 0.261 e. The summed E-state index contributed by atoms with van der Waals surface area (Å²) in [6, 6.07) is 10.6. The zero-order valence-corrected chi connectivity index (χ0v) is 12.4. The molecule has 1 aromatic carbocycles. The molecule has 0 spiro atoms. The van der Waals surface area contributed by atoms with E-state index in [0.717, 1.165) is 0 Å². The van der Waals surface area contributed by atoms with Crippen LogP contribution in [0.25, 0.3) is 0 Å². The molecule has 0 saturated heterocycles. The second-order valence-corrected chi connectivity index (χ2v) is 5.33. The lowest BCUT2D eigenvalue weighted by Crippen LogP contribution is -2.34. The van der Waals surface area contributed by atoms with Gasteiger partial charge in [-0.15, -0.1) is 11.3 Å². The summed E-state index contributed by atoms with van der Waals surface area (Å²) in [5.74, 6) is -0.696. The molecule has 0 aliphatic rings. The first-order chi connectivity index (χ1) is 10.2. The molecule has 0 radical (unpaired) electrons. The number of hydrazone groups is 1. The average Bonchev–Trinajstić information content (AvgIpc) is 3.01. The van der Waals surface area contributed by atoms with Crippen molar-refractivity contribution in [3.8, 4) is 0 Å². The van der Waals surface area contributed by atoms with Crippen LogP contribution in [0.2, 0.25) is 5.02 Å². The molecule has 7 heteroatoms. The van der Waals surface area contributed by atoms with E-state index in [9.17, 15) is 9.59 Å². The maximum absolute atomic E-state index is 11.6. The molecule has 0 unspecified atom stereocenters. The number of nitrogens with one attached hydrogen (secondary N) is 2. The molecule has 1 heterocycles. The number of nitrogens with zero attached hydrogens (tertiary/aromatic N) is 1. The molecule has 0 saturated carbocycles. The predicted octanol–water partition coefficient (Wildman–Crippen LogP) is 2.28. The van der Waals surface area contributed by atoms with E-state index >= 15 is 0 Å². The zero-order chi connectivity index (χ0) is 15.1. The van der Waals surface area contributed by atoms with Gasteiger partial charge in [-0.3, -0.25) is 9.59 Å². The van der Waals surface area contributed by atoms with Gasteiger partial charge in [0.1, 0.15) is 0 Å². The van der Waals surface area contributed by atoms with Gasteiger partial charge in [-0.2, -0.15) is 5.10 Å². The van der Waals surface area contributed by atoms with Crippen LogP contribution in [0.4, 0.5) is 0 Å². The van der Waals surface area contributed by atoms with Gasteiger partial charge >= 0.3 is 0 Å². The van der Waals surface area contributed by atoms with Crippen LogP contribution in [0.15, 0.2) is 46.9 Å². The Morgan fingerprint density at radius 1 is 1.24 bits per heavy atom. The molecule has 0 aliphatic heterocycles. The van der Waals surface area contributed by atoms with E-state index < -0.39 is 5.91 Å². The van der Waals surface area contributed by atoms with Crippen LogP contribution in [0.5, 0.6) is 0 Å². The summed E-state index contributed by atoms with van der Waals surface area (Å²) in [5.41, 5.74) is 3.02. The topological polar surface area (TPSA) is 70.6 Å². The highest BCUT2D eigenvalue weighted by atomic mass is 35.5. The number of benzene rings is 1. The summed E-state index contributed by atoms with van der Waals surface area (Å²) >= 11 is 7.25. The van der Waals surface area contributed by atoms with Crippen LogP contribution in [0.1, 0.15) is 15.2 Å². The van der Waals surface area contributed by atoms with Crippen molar-refractivity contribution in [1.29, 1.82) is 0 Å². The predicted molar refractivity (Wildman–Crippen MR) is 83.8 cm³/mol. The second-order valence-electron chi connectivity index (χ2n) is 3.97. The number of carbonyl (C=O) groups excluding carboxylic acids is 2. The molecule has 5 nitrogen and oxygen atoms in total. The minimum Gasteiger partial charge on any atom is -0.342 e. The highest BCUT2D eigenvalue weighted by Gasteiger charge is 2.07. The fourth-order valence-electron chi connectivity index (χ4n) is 1.45. The SMILES string of the molecule is O=C(CNC(=O)c1cccs1)N/N=C\c1ccccc1Cl. The van der Waals surface area contributed by atoms with E-state index in [2.05, 4.69) is 15.8 Å².